The van der Waals surface area contributed by atoms with Gasteiger partial charge < -0.3 is 10.1 Å². The maximum Gasteiger partial charge on any atom is 0.245 e. The second-order valence-electron chi connectivity index (χ2n) is 8.62. The SMILES string of the molecule is N#CC(C(=O)NC1CCCCC1)C(=O)c1nn(-c2ccc(Cl)cc2)c2c1COc1ccccc1-2. The summed E-state index contributed by atoms with van der Waals surface area (Å²) in [6.07, 6.45) is 4.94. The second-order valence-corrected chi connectivity index (χ2v) is 9.06. The third kappa shape index (κ3) is 4.06. The van der Waals surface area contributed by atoms with Crippen molar-refractivity contribution in [3.8, 4) is 28.8 Å². The van der Waals surface area contributed by atoms with E-state index in [4.69, 9.17) is 16.3 Å². The molecule has 1 unspecified atom stereocenters. The number of aromatic nitrogens is 2. The number of nitriles is 1. The van der Waals surface area contributed by atoms with Gasteiger partial charge in [0.25, 0.3) is 0 Å². The lowest BCUT2D eigenvalue weighted by Gasteiger charge is -2.23. The summed E-state index contributed by atoms with van der Waals surface area (Å²) < 4.78 is 7.55. The molecule has 1 N–H and O–H groups in total. The Labute approximate surface area is 202 Å². The Morgan fingerprint density at radius 3 is 2.59 bits per heavy atom. The normalized spacial score (nSPS) is 15.9. The number of halogens is 1. The predicted octanol–water partition coefficient (Wildman–Crippen LogP) is 4.86. The van der Waals surface area contributed by atoms with E-state index in [1.807, 2.05) is 30.3 Å². The molecule has 0 radical (unpaired) electrons. The number of benzene rings is 2. The first kappa shape index (κ1) is 22.2. The zero-order valence-corrected chi connectivity index (χ0v) is 19.2. The molecule has 1 aliphatic heterocycles. The number of rotatable bonds is 5. The third-order valence-corrected chi connectivity index (χ3v) is 6.66. The molecular formula is C26H23ClN4O3. The van der Waals surface area contributed by atoms with Gasteiger partial charge >= 0.3 is 0 Å². The molecule has 0 bridgehead atoms. The molecule has 172 valence electrons. The maximum atomic E-state index is 13.5. The van der Waals surface area contributed by atoms with Crippen LogP contribution >= 0.6 is 11.6 Å². The zero-order chi connectivity index (χ0) is 23.7. The van der Waals surface area contributed by atoms with Gasteiger partial charge in [-0.15, -0.1) is 0 Å². The number of Topliss-reactive ketones (excluding diaryl/α,β-unsaturated/α-hetero) is 1. The second kappa shape index (κ2) is 9.32. The third-order valence-electron chi connectivity index (χ3n) is 6.41. The zero-order valence-electron chi connectivity index (χ0n) is 18.5. The van der Waals surface area contributed by atoms with Gasteiger partial charge in [0.1, 0.15) is 18.1 Å². The van der Waals surface area contributed by atoms with Crippen LogP contribution in [0.1, 0.15) is 48.2 Å². The van der Waals surface area contributed by atoms with Gasteiger partial charge in [-0.05, 0) is 49.2 Å². The van der Waals surface area contributed by atoms with Crippen LogP contribution in [0.3, 0.4) is 0 Å². The Bertz CT molecular complexity index is 1290. The summed E-state index contributed by atoms with van der Waals surface area (Å²) in [7, 11) is 0. The van der Waals surface area contributed by atoms with Crippen molar-refractivity contribution in [1.29, 1.82) is 5.26 Å². The van der Waals surface area contributed by atoms with Gasteiger partial charge in [-0.1, -0.05) is 43.0 Å². The highest BCUT2D eigenvalue weighted by atomic mass is 35.5. The fraction of sp³-hybridized carbons (Fsp3) is 0.308. The summed E-state index contributed by atoms with van der Waals surface area (Å²) in [5.74, 6) is -1.98. The minimum atomic E-state index is -1.48. The monoisotopic (exact) mass is 474 g/mol. The molecule has 2 aliphatic rings. The van der Waals surface area contributed by atoms with E-state index < -0.39 is 17.6 Å². The van der Waals surface area contributed by atoms with Crippen LogP contribution in [0.4, 0.5) is 0 Å². The minimum Gasteiger partial charge on any atom is -0.488 e. The summed E-state index contributed by atoms with van der Waals surface area (Å²) >= 11 is 6.07. The number of amides is 1. The van der Waals surface area contributed by atoms with Crippen LogP contribution in [0, 0.1) is 17.2 Å². The molecule has 1 amide bonds. The van der Waals surface area contributed by atoms with Gasteiger partial charge in [-0.3, -0.25) is 9.59 Å². The van der Waals surface area contributed by atoms with E-state index in [1.165, 1.54) is 0 Å². The van der Waals surface area contributed by atoms with E-state index >= 15 is 0 Å². The predicted molar refractivity (Wildman–Crippen MR) is 127 cm³/mol. The number of ether oxygens (including phenoxy) is 1. The average molecular weight is 475 g/mol. The average Bonchev–Trinajstić information content (AvgIpc) is 3.26. The van der Waals surface area contributed by atoms with Crippen LogP contribution < -0.4 is 10.1 Å². The van der Waals surface area contributed by atoms with Gasteiger partial charge in [0.15, 0.2) is 5.92 Å². The highest BCUT2D eigenvalue weighted by Crippen LogP contribution is 2.40. The van der Waals surface area contributed by atoms with Gasteiger partial charge in [-0.25, -0.2) is 4.68 Å². The van der Waals surface area contributed by atoms with Crippen LogP contribution in [0.25, 0.3) is 16.9 Å². The number of para-hydroxylation sites is 1. The smallest absolute Gasteiger partial charge is 0.245 e. The molecular weight excluding hydrogens is 452 g/mol. The van der Waals surface area contributed by atoms with Crippen molar-refractivity contribution in [2.24, 2.45) is 5.92 Å². The number of carbonyl (C=O) groups is 2. The molecule has 1 atom stereocenters. The van der Waals surface area contributed by atoms with Crippen molar-refractivity contribution in [3.63, 3.8) is 0 Å². The quantitative estimate of drug-likeness (QED) is 0.421. The molecule has 1 aliphatic carbocycles. The lowest BCUT2D eigenvalue weighted by Crippen LogP contribution is -2.42. The number of fused-ring (bicyclic) bond motifs is 3. The molecule has 7 nitrogen and oxygen atoms in total. The van der Waals surface area contributed by atoms with E-state index in [-0.39, 0.29) is 18.3 Å². The lowest BCUT2D eigenvalue weighted by atomic mass is 9.93. The maximum absolute atomic E-state index is 13.5. The summed E-state index contributed by atoms with van der Waals surface area (Å²) in [4.78, 5) is 26.4. The molecule has 8 heteroatoms. The number of nitrogens with zero attached hydrogens (tertiary/aromatic N) is 3. The van der Waals surface area contributed by atoms with E-state index in [0.29, 0.717) is 27.7 Å². The summed E-state index contributed by atoms with van der Waals surface area (Å²) in [5, 5.41) is 17.8. The molecule has 5 rings (SSSR count). The molecule has 2 heterocycles. The Kier molecular flexibility index (Phi) is 6.08. The number of ketones is 1. The van der Waals surface area contributed by atoms with Crippen molar-refractivity contribution in [3.05, 3.63) is 64.8 Å². The van der Waals surface area contributed by atoms with Crippen molar-refractivity contribution in [2.75, 3.05) is 0 Å². The van der Waals surface area contributed by atoms with Gasteiger partial charge in [-0.2, -0.15) is 10.4 Å². The van der Waals surface area contributed by atoms with Crippen molar-refractivity contribution < 1.29 is 14.3 Å². The summed E-state index contributed by atoms with van der Waals surface area (Å²) in [6.45, 7) is 0.114. The highest BCUT2D eigenvalue weighted by molar-refractivity contribution is 6.30. The van der Waals surface area contributed by atoms with Gasteiger partial charge in [0, 0.05) is 22.2 Å². The molecule has 1 aromatic heterocycles. The Morgan fingerprint density at radius 1 is 1.12 bits per heavy atom. The van der Waals surface area contributed by atoms with Crippen LogP contribution in [0.5, 0.6) is 5.75 Å². The molecule has 34 heavy (non-hydrogen) atoms. The topological polar surface area (TPSA) is 97.0 Å². The van der Waals surface area contributed by atoms with E-state index in [9.17, 15) is 14.9 Å². The van der Waals surface area contributed by atoms with Crippen LogP contribution in [-0.2, 0) is 11.4 Å². The molecule has 2 aromatic carbocycles. The van der Waals surface area contributed by atoms with Crippen LogP contribution in [-0.4, -0.2) is 27.5 Å². The Hall–Kier alpha value is -3.63. The molecule has 1 fully saturated rings. The van der Waals surface area contributed by atoms with Crippen LogP contribution in [0.15, 0.2) is 48.5 Å². The highest BCUT2D eigenvalue weighted by Gasteiger charge is 2.36. The van der Waals surface area contributed by atoms with Crippen molar-refractivity contribution in [1.82, 2.24) is 15.1 Å². The van der Waals surface area contributed by atoms with E-state index in [0.717, 1.165) is 37.7 Å². The number of hydrogen-bond acceptors (Lipinski definition) is 5. The number of hydrogen-bond donors (Lipinski definition) is 1. The number of nitrogens with one attached hydrogen (secondary N) is 1. The minimum absolute atomic E-state index is 0.000602. The lowest BCUT2D eigenvalue weighted by molar-refractivity contribution is -0.123. The molecule has 0 spiro atoms. The molecule has 0 saturated heterocycles. The summed E-state index contributed by atoms with van der Waals surface area (Å²) in [6, 6.07) is 16.5. The van der Waals surface area contributed by atoms with E-state index in [1.54, 1.807) is 28.9 Å². The van der Waals surface area contributed by atoms with Gasteiger partial charge in [0.2, 0.25) is 11.7 Å². The fourth-order valence-corrected chi connectivity index (χ4v) is 4.80. The number of carbonyl (C=O) groups excluding carboxylic acids is 2. The van der Waals surface area contributed by atoms with Crippen molar-refractivity contribution >= 4 is 23.3 Å². The van der Waals surface area contributed by atoms with Crippen molar-refractivity contribution in [2.45, 2.75) is 44.8 Å². The first-order valence-electron chi connectivity index (χ1n) is 11.4. The molecule has 1 saturated carbocycles. The standard InChI is InChI=1S/C26H23ClN4O3/c27-16-10-12-18(13-11-16)31-24-19-8-4-5-9-22(19)34-15-21(24)23(30-31)25(32)20(14-28)26(33)29-17-6-2-1-3-7-17/h4-5,8-13,17,20H,1-3,6-7,15H2,(H,29,33). The summed E-state index contributed by atoms with van der Waals surface area (Å²) in [5.41, 5.74) is 2.83. The Morgan fingerprint density at radius 2 is 1.85 bits per heavy atom. The Balaban J connectivity index is 1.55. The molecule has 3 aromatic rings. The fourth-order valence-electron chi connectivity index (χ4n) is 4.67. The van der Waals surface area contributed by atoms with E-state index in [2.05, 4.69) is 10.4 Å². The van der Waals surface area contributed by atoms with Gasteiger partial charge in [0.05, 0.1) is 17.5 Å². The first-order chi connectivity index (χ1) is 16.6. The first-order valence-corrected chi connectivity index (χ1v) is 11.8. The largest absolute Gasteiger partial charge is 0.488 e. The van der Waals surface area contributed by atoms with Crippen LogP contribution in [0.2, 0.25) is 5.02 Å².